The molecule has 0 spiro atoms. The van der Waals surface area contributed by atoms with E-state index in [4.69, 9.17) is 14.2 Å². The van der Waals surface area contributed by atoms with E-state index in [0.29, 0.717) is 12.8 Å². The van der Waals surface area contributed by atoms with Gasteiger partial charge in [0.1, 0.15) is 6.10 Å². The molecule has 2 unspecified atom stereocenters. The van der Waals surface area contributed by atoms with Crippen LogP contribution in [-0.4, -0.2) is 26.0 Å². The molecular weight excluding hydrogens is 230 g/mol. The molecule has 96 valence electrons. The van der Waals surface area contributed by atoms with E-state index < -0.39 is 0 Å². The summed E-state index contributed by atoms with van der Waals surface area (Å²) in [7, 11) is 0. The van der Waals surface area contributed by atoms with E-state index in [9.17, 15) is 0 Å². The molecule has 1 N–H and O–H groups in total. The third-order valence-electron chi connectivity index (χ3n) is 4.09. The highest BCUT2D eigenvalue weighted by Gasteiger charge is 2.35. The zero-order chi connectivity index (χ0) is 11.9. The largest absolute Gasteiger partial charge is 0.454 e. The van der Waals surface area contributed by atoms with E-state index in [2.05, 4.69) is 11.4 Å². The maximum Gasteiger partial charge on any atom is 0.231 e. The first kappa shape index (κ1) is 10.6. The van der Waals surface area contributed by atoms with Gasteiger partial charge in [0.2, 0.25) is 6.79 Å². The minimum absolute atomic E-state index is 0.118. The minimum Gasteiger partial charge on any atom is -0.454 e. The topological polar surface area (TPSA) is 39.7 Å². The van der Waals surface area contributed by atoms with Crippen LogP contribution in [0, 0.1) is 0 Å². The lowest BCUT2D eigenvalue weighted by atomic mass is 9.91. The highest BCUT2D eigenvalue weighted by Crippen LogP contribution is 2.45. The van der Waals surface area contributed by atoms with Crippen molar-refractivity contribution in [1.82, 2.24) is 5.32 Å². The predicted molar refractivity (Wildman–Crippen MR) is 66.0 cm³/mol. The van der Waals surface area contributed by atoms with E-state index in [1.54, 1.807) is 0 Å². The first-order valence-corrected chi connectivity index (χ1v) is 6.70. The number of fused-ring (bicyclic) bond motifs is 3. The van der Waals surface area contributed by atoms with Gasteiger partial charge in [-0.2, -0.15) is 0 Å². The van der Waals surface area contributed by atoms with Crippen LogP contribution in [0.25, 0.3) is 0 Å². The van der Waals surface area contributed by atoms with Crippen LogP contribution in [0.2, 0.25) is 0 Å². The summed E-state index contributed by atoms with van der Waals surface area (Å²) in [6, 6.07) is 4.60. The van der Waals surface area contributed by atoms with Crippen LogP contribution in [0.5, 0.6) is 11.5 Å². The maximum absolute atomic E-state index is 6.02. The molecule has 1 aromatic carbocycles. The third kappa shape index (κ3) is 1.52. The molecule has 4 nitrogen and oxygen atoms in total. The van der Waals surface area contributed by atoms with Gasteiger partial charge in [0.05, 0.1) is 6.61 Å². The van der Waals surface area contributed by atoms with Gasteiger partial charge in [-0.3, -0.25) is 0 Å². The summed E-state index contributed by atoms with van der Waals surface area (Å²) >= 11 is 0. The van der Waals surface area contributed by atoms with Crippen LogP contribution < -0.4 is 14.8 Å². The van der Waals surface area contributed by atoms with Crippen molar-refractivity contribution in [3.05, 3.63) is 23.3 Å². The van der Waals surface area contributed by atoms with Crippen molar-refractivity contribution in [1.29, 1.82) is 0 Å². The van der Waals surface area contributed by atoms with Gasteiger partial charge >= 0.3 is 0 Å². The predicted octanol–water partition coefficient (Wildman–Crippen LogP) is 1.78. The molecule has 3 heterocycles. The fraction of sp³-hybridized carbons (Fsp3) is 0.571. The quantitative estimate of drug-likeness (QED) is 0.821. The Balaban J connectivity index is 1.79. The van der Waals surface area contributed by atoms with Gasteiger partial charge in [0.15, 0.2) is 11.5 Å². The van der Waals surface area contributed by atoms with Crippen molar-refractivity contribution in [3.8, 4) is 11.5 Å². The minimum atomic E-state index is 0.118. The molecule has 2 atom stereocenters. The second kappa shape index (κ2) is 4.14. The average Bonchev–Trinajstić information content (AvgIpc) is 3.09. The SMILES string of the molecule is c1cc2c(c3c1CCOC3C1CCCN1)OCO2. The van der Waals surface area contributed by atoms with Crippen molar-refractivity contribution in [2.75, 3.05) is 19.9 Å². The molecule has 0 saturated carbocycles. The molecule has 0 radical (unpaired) electrons. The molecule has 0 aromatic heterocycles. The van der Waals surface area contributed by atoms with Crippen molar-refractivity contribution in [2.45, 2.75) is 31.4 Å². The lowest BCUT2D eigenvalue weighted by Crippen LogP contribution is -2.34. The zero-order valence-electron chi connectivity index (χ0n) is 10.3. The Bertz CT molecular complexity index is 468. The maximum atomic E-state index is 6.02. The first-order valence-electron chi connectivity index (χ1n) is 6.70. The van der Waals surface area contributed by atoms with Crippen LogP contribution in [0.3, 0.4) is 0 Å². The van der Waals surface area contributed by atoms with Gasteiger partial charge in [-0.25, -0.2) is 0 Å². The summed E-state index contributed by atoms with van der Waals surface area (Å²) in [6.45, 7) is 2.22. The van der Waals surface area contributed by atoms with Gasteiger partial charge < -0.3 is 19.5 Å². The summed E-state index contributed by atoms with van der Waals surface area (Å²) in [5, 5.41) is 3.54. The molecule has 0 bridgehead atoms. The van der Waals surface area contributed by atoms with Crippen molar-refractivity contribution >= 4 is 0 Å². The fourth-order valence-corrected chi connectivity index (χ4v) is 3.23. The van der Waals surface area contributed by atoms with Crippen LogP contribution in [0.15, 0.2) is 12.1 Å². The van der Waals surface area contributed by atoms with Crippen LogP contribution in [-0.2, 0) is 11.2 Å². The summed E-state index contributed by atoms with van der Waals surface area (Å²) in [4.78, 5) is 0. The molecule has 1 fully saturated rings. The molecule has 3 aliphatic rings. The molecule has 4 heteroatoms. The Hall–Kier alpha value is -1.26. The highest BCUT2D eigenvalue weighted by atomic mass is 16.7. The molecule has 0 aliphatic carbocycles. The molecule has 4 rings (SSSR count). The van der Waals surface area contributed by atoms with E-state index in [-0.39, 0.29) is 6.10 Å². The highest BCUT2D eigenvalue weighted by molar-refractivity contribution is 5.54. The Labute approximate surface area is 106 Å². The fourth-order valence-electron chi connectivity index (χ4n) is 3.23. The standard InChI is InChI=1S/C14H17NO3/c1-2-10(15-6-1)13-12-9(5-7-16-13)3-4-11-14(12)18-8-17-11/h3-4,10,13,15H,1-2,5-8H2. The van der Waals surface area contributed by atoms with Gasteiger partial charge in [-0.05, 0) is 37.4 Å². The normalized spacial score (nSPS) is 29.3. The van der Waals surface area contributed by atoms with E-state index in [1.165, 1.54) is 24.0 Å². The second-order valence-corrected chi connectivity index (χ2v) is 5.12. The number of hydrogen-bond donors (Lipinski definition) is 1. The average molecular weight is 247 g/mol. The zero-order valence-corrected chi connectivity index (χ0v) is 10.3. The van der Waals surface area contributed by atoms with Crippen LogP contribution in [0.1, 0.15) is 30.1 Å². The first-order chi connectivity index (χ1) is 8.93. The monoisotopic (exact) mass is 247 g/mol. The van der Waals surface area contributed by atoms with Crippen molar-refractivity contribution in [3.63, 3.8) is 0 Å². The lowest BCUT2D eigenvalue weighted by molar-refractivity contribution is 0.0179. The summed E-state index contributed by atoms with van der Waals surface area (Å²) < 4.78 is 17.1. The van der Waals surface area contributed by atoms with Crippen LogP contribution in [0.4, 0.5) is 0 Å². The number of hydrogen-bond acceptors (Lipinski definition) is 4. The van der Waals surface area contributed by atoms with Crippen LogP contribution >= 0.6 is 0 Å². The number of nitrogens with one attached hydrogen (secondary N) is 1. The second-order valence-electron chi connectivity index (χ2n) is 5.12. The molecule has 1 aromatic rings. The molecule has 18 heavy (non-hydrogen) atoms. The molecule has 0 amide bonds. The van der Waals surface area contributed by atoms with E-state index in [0.717, 1.165) is 31.1 Å². The summed E-state index contributed by atoms with van der Waals surface area (Å²) in [5.74, 6) is 1.77. The number of rotatable bonds is 1. The van der Waals surface area contributed by atoms with Gasteiger partial charge in [-0.15, -0.1) is 0 Å². The van der Waals surface area contributed by atoms with E-state index >= 15 is 0 Å². The molecule has 1 saturated heterocycles. The van der Waals surface area contributed by atoms with Crippen molar-refractivity contribution in [2.24, 2.45) is 0 Å². The van der Waals surface area contributed by atoms with Crippen molar-refractivity contribution < 1.29 is 14.2 Å². The summed E-state index contributed by atoms with van der Waals surface area (Å²) in [6.07, 6.45) is 3.49. The van der Waals surface area contributed by atoms with E-state index in [1.807, 2.05) is 6.07 Å². The number of benzene rings is 1. The third-order valence-corrected chi connectivity index (χ3v) is 4.09. The Morgan fingerprint density at radius 2 is 2.22 bits per heavy atom. The lowest BCUT2D eigenvalue weighted by Gasteiger charge is -2.31. The smallest absolute Gasteiger partial charge is 0.231 e. The molecule has 3 aliphatic heterocycles. The Morgan fingerprint density at radius 3 is 3.11 bits per heavy atom. The van der Waals surface area contributed by atoms with Gasteiger partial charge in [0.25, 0.3) is 0 Å². The Kier molecular flexibility index (Phi) is 2.45. The summed E-state index contributed by atoms with van der Waals surface area (Å²) in [5.41, 5.74) is 2.57. The van der Waals surface area contributed by atoms with Gasteiger partial charge in [0, 0.05) is 11.6 Å². The molecular formula is C14H17NO3. The Morgan fingerprint density at radius 1 is 1.22 bits per heavy atom. The number of ether oxygens (including phenoxy) is 3. The van der Waals surface area contributed by atoms with Gasteiger partial charge in [-0.1, -0.05) is 6.07 Å².